The summed E-state index contributed by atoms with van der Waals surface area (Å²) in [4.78, 5) is 23.6. The third-order valence-corrected chi connectivity index (χ3v) is 3.30. The van der Waals surface area contributed by atoms with Crippen molar-refractivity contribution < 1.29 is 14.3 Å². The molecule has 0 fully saturated rings. The van der Waals surface area contributed by atoms with Crippen LogP contribution in [0.2, 0.25) is 0 Å². The maximum atomic E-state index is 12.0. The lowest BCUT2D eigenvalue weighted by Crippen LogP contribution is -2.17. The summed E-state index contributed by atoms with van der Waals surface area (Å²) in [6, 6.07) is 15.2. The smallest absolute Gasteiger partial charge is 0.379 e. The van der Waals surface area contributed by atoms with Crippen LogP contribution >= 0.6 is 0 Å². The van der Waals surface area contributed by atoms with E-state index < -0.39 is 11.8 Å². The summed E-state index contributed by atoms with van der Waals surface area (Å²) in [6.45, 7) is 3.94. The maximum absolute atomic E-state index is 12.0. The summed E-state index contributed by atoms with van der Waals surface area (Å²) in [6.07, 6.45) is 0.859. The Morgan fingerprint density at radius 1 is 1.00 bits per heavy atom. The number of rotatable bonds is 5. The average Bonchev–Trinajstić information content (AvgIpc) is 2.54. The Balaban J connectivity index is 2.43. The lowest BCUT2D eigenvalue weighted by atomic mass is 9.95. The molecule has 2 aromatic carbocycles. The lowest BCUT2D eigenvalue weighted by Gasteiger charge is -2.10. The van der Waals surface area contributed by atoms with Crippen LogP contribution in [0, 0.1) is 0 Å². The Labute approximate surface area is 124 Å². The highest BCUT2D eigenvalue weighted by atomic mass is 16.5. The average molecular weight is 282 g/mol. The van der Waals surface area contributed by atoms with E-state index in [0.717, 1.165) is 23.1 Å². The molecule has 3 nitrogen and oxygen atoms in total. The van der Waals surface area contributed by atoms with Crippen molar-refractivity contribution in [2.45, 2.75) is 20.3 Å². The third-order valence-electron chi connectivity index (χ3n) is 3.30. The van der Waals surface area contributed by atoms with Gasteiger partial charge in [0.15, 0.2) is 0 Å². The topological polar surface area (TPSA) is 43.4 Å². The van der Waals surface area contributed by atoms with Crippen LogP contribution in [0.4, 0.5) is 0 Å². The van der Waals surface area contributed by atoms with E-state index in [0.29, 0.717) is 5.56 Å². The first-order chi connectivity index (χ1) is 10.2. The molecule has 0 unspecified atom stereocenters. The van der Waals surface area contributed by atoms with Crippen LogP contribution in [-0.2, 0) is 16.0 Å². The summed E-state index contributed by atoms with van der Waals surface area (Å²) in [5.74, 6) is -1.41. The van der Waals surface area contributed by atoms with E-state index in [9.17, 15) is 9.59 Å². The first-order valence-corrected chi connectivity index (χ1v) is 7.07. The summed E-state index contributed by atoms with van der Waals surface area (Å²) in [7, 11) is 0. The second kappa shape index (κ2) is 6.84. The molecule has 0 atom stereocenters. The van der Waals surface area contributed by atoms with Gasteiger partial charge in [-0.15, -0.1) is 0 Å². The summed E-state index contributed by atoms with van der Waals surface area (Å²) in [5, 5.41) is 0. The molecule has 0 radical (unpaired) electrons. The number of carbonyl (C=O) groups is 2. The number of hydrogen-bond acceptors (Lipinski definition) is 3. The van der Waals surface area contributed by atoms with E-state index in [2.05, 4.69) is 6.92 Å². The molecule has 0 bridgehead atoms. The van der Waals surface area contributed by atoms with Crippen LogP contribution in [0.1, 0.15) is 29.8 Å². The number of hydrogen-bond donors (Lipinski definition) is 0. The molecule has 0 saturated carbocycles. The number of Topliss-reactive ketones (excluding diaryl/α,β-unsaturated/α-hetero) is 1. The number of ketones is 1. The highest BCUT2D eigenvalue weighted by molar-refractivity contribution is 6.40. The molecule has 108 valence electrons. The van der Waals surface area contributed by atoms with Gasteiger partial charge < -0.3 is 4.74 Å². The van der Waals surface area contributed by atoms with E-state index in [1.165, 1.54) is 0 Å². The van der Waals surface area contributed by atoms with Gasteiger partial charge in [0.1, 0.15) is 0 Å². The van der Waals surface area contributed by atoms with Crippen LogP contribution in [0.15, 0.2) is 48.5 Å². The molecule has 0 aromatic heterocycles. The van der Waals surface area contributed by atoms with Gasteiger partial charge in [0.25, 0.3) is 5.78 Å². The third kappa shape index (κ3) is 3.37. The molecule has 0 heterocycles. The van der Waals surface area contributed by atoms with Crippen molar-refractivity contribution in [3.63, 3.8) is 0 Å². The van der Waals surface area contributed by atoms with Crippen molar-refractivity contribution in [1.29, 1.82) is 0 Å². The van der Waals surface area contributed by atoms with Crippen molar-refractivity contribution in [2.75, 3.05) is 6.61 Å². The quantitative estimate of drug-likeness (QED) is 0.477. The molecule has 0 saturated heterocycles. The SMILES string of the molecule is CCOC(=O)C(=O)c1ccc(CC)c(-c2ccccc2)c1. The summed E-state index contributed by atoms with van der Waals surface area (Å²) in [5.41, 5.74) is 3.52. The minimum absolute atomic E-state index is 0.198. The zero-order chi connectivity index (χ0) is 15.2. The van der Waals surface area contributed by atoms with Gasteiger partial charge in [0, 0.05) is 5.56 Å². The van der Waals surface area contributed by atoms with Crippen LogP contribution in [0.5, 0.6) is 0 Å². The van der Waals surface area contributed by atoms with E-state index in [-0.39, 0.29) is 6.61 Å². The molecule has 0 aliphatic carbocycles. The van der Waals surface area contributed by atoms with Crippen LogP contribution in [0.3, 0.4) is 0 Å². The van der Waals surface area contributed by atoms with Gasteiger partial charge in [-0.05, 0) is 36.1 Å². The molecule has 2 rings (SSSR count). The van der Waals surface area contributed by atoms with E-state index in [1.807, 2.05) is 36.4 Å². The Bertz CT molecular complexity index is 645. The standard InChI is InChI=1S/C18H18O3/c1-3-13-10-11-15(17(19)18(20)21-4-2)12-16(13)14-8-6-5-7-9-14/h5-12H,3-4H2,1-2H3. The predicted octanol–water partition coefficient (Wildman–Crippen LogP) is 3.66. The van der Waals surface area contributed by atoms with E-state index in [1.54, 1.807) is 19.1 Å². The molecule has 0 amide bonds. The van der Waals surface area contributed by atoms with Gasteiger partial charge in [-0.1, -0.05) is 49.4 Å². The van der Waals surface area contributed by atoms with Gasteiger partial charge in [-0.2, -0.15) is 0 Å². The second-order valence-electron chi connectivity index (χ2n) is 4.64. The van der Waals surface area contributed by atoms with Crippen LogP contribution < -0.4 is 0 Å². The molecule has 0 aliphatic rings. The minimum atomic E-state index is -0.805. The number of aryl methyl sites for hydroxylation is 1. The highest BCUT2D eigenvalue weighted by Gasteiger charge is 2.18. The fraction of sp³-hybridized carbons (Fsp3) is 0.222. The first-order valence-electron chi connectivity index (χ1n) is 7.07. The molecule has 0 N–H and O–H groups in total. The van der Waals surface area contributed by atoms with Crippen molar-refractivity contribution in [1.82, 2.24) is 0 Å². The van der Waals surface area contributed by atoms with Gasteiger partial charge in [-0.25, -0.2) is 4.79 Å². The first kappa shape index (κ1) is 15.0. The molecule has 21 heavy (non-hydrogen) atoms. The Morgan fingerprint density at radius 3 is 2.33 bits per heavy atom. The zero-order valence-corrected chi connectivity index (χ0v) is 12.3. The molecule has 0 aliphatic heterocycles. The fourth-order valence-electron chi connectivity index (χ4n) is 2.23. The Hall–Kier alpha value is -2.42. The van der Waals surface area contributed by atoms with Crippen molar-refractivity contribution in [2.24, 2.45) is 0 Å². The van der Waals surface area contributed by atoms with Gasteiger partial charge in [0.05, 0.1) is 6.61 Å². The normalized spacial score (nSPS) is 10.2. The molecular weight excluding hydrogens is 264 g/mol. The minimum Gasteiger partial charge on any atom is -0.460 e. The zero-order valence-electron chi connectivity index (χ0n) is 12.3. The van der Waals surface area contributed by atoms with Gasteiger partial charge in [0.2, 0.25) is 0 Å². The summed E-state index contributed by atoms with van der Waals surface area (Å²) < 4.78 is 4.77. The summed E-state index contributed by atoms with van der Waals surface area (Å²) >= 11 is 0. The molecule has 2 aromatic rings. The maximum Gasteiger partial charge on any atom is 0.379 e. The largest absolute Gasteiger partial charge is 0.460 e. The highest BCUT2D eigenvalue weighted by Crippen LogP contribution is 2.25. The van der Waals surface area contributed by atoms with Crippen LogP contribution in [-0.4, -0.2) is 18.4 Å². The second-order valence-corrected chi connectivity index (χ2v) is 4.64. The predicted molar refractivity (Wildman–Crippen MR) is 82.2 cm³/mol. The van der Waals surface area contributed by atoms with E-state index in [4.69, 9.17) is 4.74 Å². The number of benzene rings is 2. The van der Waals surface area contributed by atoms with Crippen LogP contribution in [0.25, 0.3) is 11.1 Å². The van der Waals surface area contributed by atoms with Gasteiger partial charge in [-0.3, -0.25) is 4.79 Å². The molecule has 3 heteroatoms. The Morgan fingerprint density at radius 2 is 1.71 bits per heavy atom. The van der Waals surface area contributed by atoms with Crippen molar-refractivity contribution in [3.05, 3.63) is 59.7 Å². The Kier molecular flexibility index (Phi) is 4.88. The molecular formula is C18H18O3. The monoisotopic (exact) mass is 282 g/mol. The van der Waals surface area contributed by atoms with E-state index >= 15 is 0 Å². The number of ether oxygens (including phenoxy) is 1. The molecule has 0 spiro atoms. The van der Waals surface area contributed by atoms with Crippen molar-refractivity contribution in [3.8, 4) is 11.1 Å². The number of carbonyl (C=O) groups excluding carboxylic acids is 2. The number of esters is 1. The van der Waals surface area contributed by atoms with Crippen molar-refractivity contribution >= 4 is 11.8 Å². The lowest BCUT2D eigenvalue weighted by molar-refractivity contribution is -0.137. The van der Waals surface area contributed by atoms with Gasteiger partial charge >= 0.3 is 5.97 Å². The fourth-order valence-corrected chi connectivity index (χ4v) is 2.23.